The fourth-order valence-electron chi connectivity index (χ4n) is 3.77. The predicted molar refractivity (Wildman–Crippen MR) is 116 cm³/mol. The molecule has 1 saturated heterocycles. The first-order valence-corrected chi connectivity index (χ1v) is 12.1. The van der Waals surface area contributed by atoms with Gasteiger partial charge in [-0.15, -0.1) is 0 Å². The Kier molecular flexibility index (Phi) is 7.37. The summed E-state index contributed by atoms with van der Waals surface area (Å²) in [6.45, 7) is 2.92. The molecule has 2 aromatic rings. The number of likely N-dealkylation sites (tertiary alicyclic amines) is 1. The van der Waals surface area contributed by atoms with Crippen molar-refractivity contribution in [3.63, 3.8) is 0 Å². The van der Waals surface area contributed by atoms with E-state index in [1.165, 1.54) is 6.20 Å². The molecule has 1 N–H and O–H groups in total. The van der Waals surface area contributed by atoms with Crippen molar-refractivity contribution in [3.05, 3.63) is 53.6 Å². The molecule has 0 aliphatic carbocycles. The Morgan fingerprint density at radius 3 is 2.65 bits per heavy atom. The Hall–Kier alpha value is -2.81. The second-order valence-electron chi connectivity index (χ2n) is 7.72. The summed E-state index contributed by atoms with van der Waals surface area (Å²) in [5, 5.41) is 2.57. The second-order valence-corrected chi connectivity index (χ2v) is 9.83. The van der Waals surface area contributed by atoms with Crippen LogP contribution < -0.4 is 5.32 Å². The van der Waals surface area contributed by atoms with Gasteiger partial charge in [-0.1, -0.05) is 18.2 Å². The molecule has 31 heavy (non-hydrogen) atoms. The number of sulfone groups is 1. The van der Waals surface area contributed by atoms with Crippen molar-refractivity contribution < 1.29 is 18.0 Å². The molecule has 166 valence electrons. The maximum Gasteiger partial charge on any atom is 0.254 e. The maximum absolute atomic E-state index is 12.7. The average molecular weight is 445 g/mol. The van der Waals surface area contributed by atoms with Gasteiger partial charge >= 0.3 is 0 Å². The molecule has 9 heteroatoms. The maximum atomic E-state index is 12.7. The first-order valence-electron chi connectivity index (χ1n) is 10.4. The lowest BCUT2D eigenvalue weighted by molar-refractivity contribution is -0.132. The van der Waals surface area contributed by atoms with Gasteiger partial charge in [0.1, 0.15) is 5.82 Å². The number of rotatable bonds is 7. The van der Waals surface area contributed by atoms with Crippen LogP contribution in [0.2, 0.25) is 0 Å². The molecular formula is C22H28N4O4S. The van der Waals surface area contributed by atoms with Crippen LogP contribution in [0.15, 0.2) is 41.4 Å². The quantitative estimate of drug-likeness (QED) is 0.700. The van der Waals surface area contributed by atoms with Crippen molar-refractivity contribution in [1.82, 2.24) is 20.2 Å². The number of amides is 2. The molecule has 2 amide bonds. The number of carbonyl (C=O) groups is 2. The van der Waals surface area contributed by atoms with Gasteiger partial charge in [0, 0.05) is 38.7 Å². The number of nitrogens with one attached hydrogen (secondary N) is 1. The first-order chi connectivity index (χ1) is 14.8. The van der Waals surface area contributed by atoms with Crippen molar-refractivity contribution in [1.29, 1.82) is 0 Å². The summed E-state index contributed by atoms with van der Waals surface area (Å²) in [5.41, 5.74) is 1.05. The molecule has 0 saturated carbocycles. The summed E-state index contributed by atoms with van der Waals surface area (Å²) in [4.78, 5) is 35.4. The van der Waals surface area contributed by atoms with Crippen LogP contribution in [0.1, 0.15) is 53.5 Å². The Morgan fingerprint density at radius 2 is 1.97 bits per heavy atom. The highest BCUT2D eigenvalue weighted by Crippen LogP contribution is 2.25. The number of aromatic nitrogens is 2. The summed E-state index contributed by atoms with van der Waals surface area (Å²) in [6, 6.07) is 8.30. The fraction of sp³-hybridized carbons (Fsp3) is 0.455. The van der Waals surface area contributed by atoms with E-state index in [2.05, 4.69) is 15.3 Å². The zero-order valence-corrected chi connectivity index (χ0v) is 18.7. The van der Waals surface area contributed by atoms with E-state index in [4.69, 9.17) is 0 Å². The Labute approximate surface area is 183 Å². The molecule has 1 aromatic carbocycles. The standard InChI is InChI=1S/C22H28N4O4S/c1-16-19(22(28)23-2)14-24-21(25-16)17-8-6-12-26(15-17)20(27)11-7-13-31(29,30)18-9-4-3-5-10-18/h3-5,9-10,14,17H,6-8,11-13,15H2,1-2H3,(H,23,28)/t17-/m1/s1. The molecule has 0 spiro atoms. The van der Waals surface area contributed by atoms with Gasteiger partial charge in [0.2, 0.25) is 5.91 Å². The smallest absolute Gasteiger partial charge is 0.254 e. The molecule has 2 heterocycles. The van der Waals surface area contributed by atoms with Crippen molar-refractivity contribution in [2.75, 3.05) is 25.9 Å². The Morgan fingerprint density at radius 1 is 1.23 bits per heavy atom. The monoisotopic (exact) mass is 444 g/mol. The Bertz CT molecular complexity index is 1040. The normalized spacial score (nSPS) is 16.7. The van der Waals surface area contributed by atoms with Gasteiger partial charge in [-0.3, -0.25) is 9.59 Å². The molecule has 1 aliphatic rings. The lowest BCUT2D eigenvalue weighted by Gasteiger charge is -2.32. The largest absolute Gasteiger partial charge is 0.355 e. The number of piperidine rings is 1. The van der Waals surface area contributed by atoms with Crippen LogP contribution in [0.25, 0.3) is 0 Å². The highest BCUT2D eigenvalue weighted by molar-refractivity contribution is 7.91. The minimum Gasteiger partial charge on any atom is -0.355 e. The summed E-state index contributed by atoms with van der Waals surface area (Å²) in [5.74, 6) is 0.308. The lowest BCUT2D eigenvalue weighted by atomic mass is 9.96. The zero-order chi connectivity index (χ0) is 22.4. The minimum absolute atomic E-state index is 0.00295. The van der Waals surface area contributed by atoms with E-state index in [1.807, 2.05) is 0 Å². The summed E-state index contributed by atoms with van der Waals surface area (Å²) >= 11 is 0. The number of benzene rings is 1. The first kappa shape index (κ1) is 22.9. The zero-order valence-electron chi connectivity index (χ0n) is 17.9. The number of carbonyl (C=O) groups excluding carboxylic acids is 2. The number of aryl methyl sites for hydroxylation is 1. The van der Waals surface area contributed by atoms with Crippen molar-refractivity contribution in [3.8, 4) is 0 Å². The summed E-state index contributed by atoms with van der Waals surface area (Å²) in [7, 11) is -1.82. The number of hydrogen-bond donors (Lipinski definition) is 1. The molecule has 1 aromatic heterocycles. The van der Waals surface area contributed by atoms with E-state index < -0.39 is 9.84 Å². The van der Waals surface area contributed by atoms with Crippen molar-refractivity contribution in [2.45, 2.75) is 43.4 Å². The minimum atomic E-state index is -3.38. The van der Waals surface area contributed by atoms with Gasteiger partial charge < -0.3 is 10.2 Å². The van der Waals surface area contributed by atoms with Crippen LogP contribution >= 0.6 is 0 Å². The van der Waals surface area contributed by atoms with E-state index in [0.29, 0.717) is 30.2 Å². The molecule has 1 fully saturated rings. The van der Waals surface area contributed by atoms with Crippen LogP contribution in [0.4, 0.5) is 0 Å². The Balaban J connectivity index is 1.57. The van der Waals surface area contributed by atoms with Crippen LogP contribution in [-0.2, 0) is 14.6 Å². The van der Waals surface area contributed by atoms with E-state index >= 15 is 0 Å². The lowest BCUT2D eigenvalue weighted by Crippen LogP contribution is -2.39. The van der Waals surface area contributed by atoms with Crippen molar-refractivity contribution >= 4 is 21.7 Å². The van der Waals surface area contributed by atoms with Gasteiger partial charge in [0.25, 0.3) is 5.91 Å². The third kappa shape index (κ3) is 5.66. The molecule has 0 bridgehead atoms. The van der Waals surface area contributed by atoms with Gasteiger partial charge in [0.05, 0.1) is 21.9 Å². The highest BCUT2D eigenvalue weighted by atomic mass is 32.2. The van der Waals surface area contributed by atoms with Gasteiger partial charge in [-0.25, -0.2) is 18.4 Å². The third-order valence-electron chi connectivity index (χ3n) is 5.51. The predicted octanol–water partition coefficient (Wildman–Crippen LogP) is 2.10. The van der Waals surface area contributed by atoms with E-state index in [1.54, 1.807) is 49.2 Å². The number of hydrogen-bond acceptors (Lipinski definition) is 6. The van der Waals surface area contributed by atoms with Crippen LogP contribution in [0.5, 0.6) is 0 Å². The van der Waals surface area contributed by atoms with E-state index in [0.717, 1.165) is 12.8 Å². The molecule has 8 nitrogen and oxygen atoms in total. The molecule has 1 atom stereocenters. The van der Waals surface area contributed by atoms with Crippen LogP contribution in [0.3, 0.4) is 0 Å². The molecule has 3 rings (SSSR count). The van der Waals surface area contributed by atoms with Gasteiger partial charge in [-0.2, -0.15) is 0 Å². The second kappa shape index (κ2) is 10.00. The van der Waals surface area contributed by atoms with E-state index in [9.17, 15) is 18.0 Å². The van der Waals surface area contributed by atoms with Crippen LogP contribution in [-0.4, -0.2) is 61.0 Å². The fourth-order valence-corrected chi connectivity index (χ4v) is 5.10. The molecule has 1 aliphatic heterocycles. The highest BCUT2D eigenvalue weighted by Gasteiger charge is 2.27. The third-order valence-corrected chi connectivity index (χ3v) is 7.33. The SMILES string of the molecule is CNC(=O)c1cnc([C@@H]2CCCN(C(=O)CCCS(=O)(=O)c3ccccc3)C2)nc1C. The summed E-state index contributed by atoms with van der Waals surface area (Å²) < 4.78 is 24.8. The molecular weight excluding hydrogens is 416 g/mol. The molecule has 0 unspecified atom stereocenters. The number of nitrogens with zero attached hydrogens (tertiary/aromatic N) is 3. The van der Waals surface area contributed by atoms with Crippen molar-refractivity contribution in [2.24, 2.45) is 0 Å². The van der Waals surface area contributed by atoms with E-state index in [-0.39, 0.29) is 41.2 Å². The molecule has 0 radical (unpaired) electrons. The summed E-state index contributed by atoms with van der Waals surface area (Å²) in [6.07, 6.45) is 3.71. The van der Waals surface area contributed by atoms with Crippen LogP contribution in [0, 0.1) is 6.92 Å². The van der Waals surface area contributed by atoms with Gasteiger partial charge in [-0.05, 0) is 38.3 Å². The van der Waals surface area contributed by atoms with Gasteiger partial charge in [0.15, 0.2) is 9.84 Å². The topological polar surface area (TPSA) is 109 Å². The average Bonchev–Trinajstić information content (AvgIpc) is 2.79.